The summed E-state index contributed by atoms with van der Waals surface area (Å²) in [6, 6.07) is 0.498. The molecule has 0 amide bonds. The molecule has 2 N–H and O–H groups in total. The van der Waals surface area contributed by atoms with Crippen LogP contribution >= 0.6 is 0 Å². The smallest absolute Gasteiger partial charge is 0.191 e. The van der Waals surface area contributed by atoms with E-state index >= 15 is 0 Å². The summed E-state index contributed by atoms with van der Waals surface area (Å²) >= 11 is 0. The lowest BCUT2D eigenvalue weighted by molar-refractivity contribution is 0.140. The number of aliphatic imine (C=N–C) groups is 1. The largest absolute Gasteiger partial charge is 0.357 e. The van der Waals surface area contributed by atoms with Crippen LogP contribution in [0.3, 0.4) is 0 Å². The predicted octanol–water partition coefficient (Wildman–Crippen LogP) is 3.17. The van der Waals surface area contributed by atoms with Crippen molar-refractivity contribution in [3.63, 3.8) is 0 Å². The lowest BCUT2D eigenvalue weighted by atomic mass is 9.85. The standard InChI is InChI=1S/C22H45N5/c1-5-23-22(25-20(3)11-12-21-9-7-6-8-10-21)24-17-19(2)18-27-15-13-26(4)14-16-27/h19-21H,5-18H2,1-4H3,(H2,23,24,25). The Morgan fingerprint density at radius 3 is 2.44 bits per heavy atom. The van der Waals surface area contributed by atoms with Gasteiger partial charge in [-0.2, -0.15) is 0 Å². The fourth-order valence-electron chi connectivity index (χ4n) is 4.36. The highest BCUT2D eigenvalue weighted by Gasteiger charge is 2.17. The van der Waals surface area contributed by atoms with E-state index in [1.807, 2.05) is 0 Å². The highest BCUT2D eigenvalue weighted by atomic mass is 15.2. The highest BCUT2D eigenvalue weighted by Crippen LogP contribution is 2.27. The number of rotatable bonds is 9. The van der Waals surface area contributed by atoms with Crippen molar-refractivity contribution in [1.82, 2.24) is 20.4 Å². The molecule has 2 unspecified atom stereocenters. The molecule has 2 aliphatic rings. The van der Waals surface area contributed by atoms with Crippen LogP contribution < -0.4 is 10.6 Å². The first-order valence-electron chi connectivity index (χ1n) is 11.5. The average molecular weight is 380 g/mol. The van der Waals surface area contributed by atoms with E-state index in [1.54, 1.807) is 0 Å². The van der Waals surface area contributed by atoms with Crippen LogP contribution in [0.25, 0.3) is 0 Å². The normalized spacial score (nSPS) is 23.2. The molecule has 2 atom stereocenters. The van der Waals surface area contributed by atoms with Gasteiger partial charge in [-0.05, 0) is 45.6 Å². The second-order valence-corrected chi connectivity index (χ2v) is 9.06. The van der Waals surface area contributed by atoms with Crippen molar-refractivity contribution >= 4 is 5.96 Å². The van der Waals surface area contributed by atoms with Crippen molar-refractivity contribution < 1.29 is 0 Å². The molecule has 1 saturated carbocycles. The number of hydrogen-bond donors (Lipinski definition) is 2. The van der Waals surface area contributed by atoms with E-state index in [1.165, 1.54) is 71.1 Å². The number of hydrogen-bond acceptors (Lipinski definition) is 3. The second kappa shape index (κ2) is 12.6. The van der Waals surface area contributed by atoms with Crippen molar-refractivity contribution in [2.75, 3.05) is 52.9 Å². The number of nitrogens with one attached hydrogen (secondary N) is 2. The van der Waals surface area contributed by atoms with Gasteiger partial charge >= 0.3 is 0 Å². The van der Waals surface area contributed by atoms with E-state index in [4.69, 9.17) is 4.99 Å². The summed E-state index contributed by atoms with van der Waals surface area (Å²) in [6.07, 6.45) is 9.87. The summed E-state index contributed by atoms with van der Waals surface area (Å²) in [6.45, 7) is 14.6. The van der Waals surface area contributed by atoms with Gasteiger partial charge in [0.1, 0.15) is 0 Å². The molecule has 158 valence electrons. The highest BCUT2D eigenvalue weighted by molar-refractivity contribution is 5.80. The van der Waals surface area contributed by atoms with Gasteiger partial charge in [0.2, 0.25) is 0 Å². The maximum absolute atomic E-state index is 4.89. The summed E-state index contributed by atoms with van der Waals surface area (Å²) in [5.74, 6) is 2.56. The van der Waals surface area contributed by atoms with E-state index in [0.717, 1.165) is 31.5 Å². The molecule has 1 aliphatic heterocycles. The molecular weight excluding hydrogens is 334 g/mol. The monoisotopic (exact) mass is 379 g/mol. The fourth-order valence-corrected chi connectivity index (χ4v) is 4.36. The summed E-state index contributed by atoms with van der Waals surface area (Å²) in [5.41, 5.74) is 0. The topological polar surface area (TPSA) is 42.9 Å². The minimum atomic E-state index is 0.498. The SMILES string of the molecule is CCNC(=NCC(C)CN1CCN(C)CC1)NC(C)CCC1CCCCC1. The predicted molar refractivity (Wildman–Crippen MR) is 117 cm³/mol. The van der Waals surface area contributed by atoms with Crippen molar-refractivity contribution in [3.8, 4) is 0 Å². The molecule has 2 rings (SSSR count). The molecular formula is C22H45N5. The Bertz CT molecular complexity index is 411. The van der Waals surface area contributed by atoms with Gasteiger partial charge in [0, 0.05) is 51.9 Å². The zero-order chi connectivity index (χ0) is 19.5. The number of guanidine groups is 1. The summed E-state index contributed by atoms with van der Waals surface area (Å²) in [4.78, 5) is 9.89. The van der Waals surface area contributed by atoms with Crippen molar-refractivity contribution in [1.29, 1.82) is 0 Å². The summed E-state index contributed by atoms with van der Waals surface area (Å²) < 4.78 is 0. The first-order valence-corrected chi connectivity index (χ1v) is 11.5. The van der Waals surface area contributed by atoms with E-state index in [-0.39, 0.29) is 0 Å². The van der Waals surface area contributed by atoms with Crippen LogP contribution in [0, 0.1) is 11.8 Å². The van der Waals surface area contributed by atoms with Crippen molar-refractivity contribution in [2.45, 2.75) is 71.8 Å². The zero-order valence-corrected chi connectivity index (χ0v) is 18.5. The molecule has 1 heterocycles. The Labute approximate surface area is 168 Å². The average Bonchev–Trinajstić information content (AvgIpc) is 2.67. The van der Waals surface area contributed by atoms with Gasteiger partial charge in [-0.25, -0.2) is 0 Å². The van der Waals surface area contributed by atoms with Crippen LogP contribution in [0.1, 0.15) is 65.7 Å². The lowest BCUT2D eigenvalue weighted by Gasteiger charge is -2.33. The molecule has 0 aromatic rings. The third-order valence-electron chi connectivity index (χ3n) is 6.19. The third-order valence-corrected chi connectivity index (χ3v) is 6.19. The molecule has 0 spiro atoms. The number of piperazine rings is 1. The molecule has 1 saturated heterocycles. The van der Waals surface area contributed by atoms with E-state index in [9.17, 15) is 0 Å². The first-order chi connectivity index (χ1) is 13.1. The molecule has 1 aliphatic carbocycles. The zero-order valence-electron chi connectivity index (χ0n) is 18.5. The van der Waals surface area contributed by atoms with Crippen LogP contribution in [0.5, 0.6) is 0 Å². The molecule has 0 aromatic heterocycles. The van der Waals surface area contributed by atoms with Crippen LogP contribution in [-0.2, 0) is 0 Å². The fraction of sp³-hybridized carbons (Fsp3) is 0.955. The Morgan fingerprint density at radius 1 is 1.07 bits per heavy atom. The maximum atomic E-state index is 4.89. The summed E-state index contributed by atoms with van der Waals surface area (Å²) in [7, 11) is 2.22. The molecule has 2 fully saturated rings. The number of likely N-dealkylation sites (N-methyl/N-ethyl adjacent to an activating group) is 1. The molecule has 0 aromatic carbocycles. The van der Waals surface area contributed by atoms with Crippen molar-refractivity contribution in [3.05, 3.63) is 0 Å². The Balaban J connectivity index is 1.69. The van der Waals surface area contributed by atoms with E-state index < -0.39 is 0 Å². The molecule has 5 nitrogen and oxygen atoms in total. The van der Waals surface area contributed by atoms with Gasteiger partial charge in [-0.3, -0.25) is 4.99 Å². The Morgan fingerprint density at radius 2 is 1.78 bits per heavy atom. The van der Waals surface area contributed by atoms with Gasteiger partial charge in [0.05, 0.1) is 0 Å². The third kappa shape index (κ3) is 9.29. The van der Waals surface area contributed by atoms with Gasteiger partial charge < -0.3 is 20.4 Å². The van der Waals surface area contributed by atoms with E-state index in [2.05, 4.69) is 48.3 Å². The molecule has 27 heavy (non-hydrogen) atoms. The minimum absolute atomic E-state index is 0.498. The Hall–Kier alpha value is -0.810. The van der Waals surface area contributed by atoms with Crippen LogP contribution in [-0.4, -0.2) is 74.7 Å². The van der Waals surface area contributed by atoms with Crippen LogP contribution in [0.2, 0.25) is 0 Å². The van der Waals surface area contributed by atoms with Gasteiger partial charge in [-0.1, -0.05) is 39.0 Å². The molecule has 5 heteroatoms. The van der Waals surface area contributed by atoms with Gasteiger partial charge in [-0.15, -0.1) is 0 Å². The van der Waals surface area contributed by atoms with Crippen molar-refractivity contribution in [2.24, 2.45) is 16.8 Å². The molecule has 0 radical (unpaired) electrons. The van der Waals surface area contributed by atoms with Gasteiger partial charge in [0.15, 0.2) is 5.96 Å². The van der Waals surface area contributed by atoms with Crippen LogP contribution in [0.15, 0.2) is 4.99 Å². The van der Waals surface area contributed by atoms with E-state index in [0.29, 0.717) is 12.0 Å². The lowest BCUT2D eigenvalue weighted by Crippen LogP contribution is -2.46. The first kappa shape index (κ1) is 22.5. The number of nitrogens with zero attached hydrogens (tertiary/aromatic N) is 3. The maximum Gasteiger partial charge on any atom is 0.191 e. The quantitative estimate of drug-likeness (QED) is 0.477. The Kier molecular flexibility index (Phi) is 10.5. The summed E-state index contributed by atoms with van der Waals surface area (Å²) in [5, 5.41) is 7.08. The van der Waals surface area contributed by atoms with Gasteiger partial charge in [0.25, 0.3) is 0 Å². The minimum Gasteiger partial charge on any atom is -0.357 e. The molecule has 0 bridgehead atoms. The van der Waals surface area contributed by atoms with Crippen LogP contribution in [0.4, 0.5) is 0 Å². The second-order valence-electron chi connectivity index (χ2n) is 9.06.